The lowest BCUT2D eigenvalue weighted by Crippen LogP contribution is -2.30. The van der Waals surface area contributed by atoms with Crippen molar-refractivity contribution in [3.63, 3.8) is 0 Å². The number of aliphatic hydroxyl groups excluding tert-OH is 2. The van der Waals surface area contributed by atoms with Gasteiger partial charge in [-0.05, 0) is 207 Å². The summed E-state index contributed by atoms with van der Waals surface area (Å²) in [5, 5.41) is 21.8. The molecule has 0 bridgehead atoms. The van der Waals surface area contributed by atoms with Gasteiger partial charge < -0.3 is 62.9 Å². The standard InChI is InChI=1S/C19H20O2.C17H23NO4.C17H24O4.C16H22O4.C16H20O4.C10H14.C5H8O2.12CH4/c1-4-14(3)16-10-12-18(13-11-16)21-19(20)17-8-6-15(5-2)7-9-17;1-5-13(4)14-6-8-15(9-7-14)22-17(20)18-10-11-21-16(19)12(2)3;1-5-13(4)14-6-8-16(9-7-14)20-10-15(18)11-21-17(19)12(2)3;1-4-12(3)13-6-8-15(9-7-13)19-10-14(17)11-20-16(18)5-2;1-4-12(3)13-6-8-14(9-7-13)16(18)20-11-10-19-15(17)5-2;1-3-9(2)10-7-5-4-6-8-10;1-3-5(6)7-4-2;;;;;;;;;;;;/h5-14H,2,4H2,1,3H3;6-9,13H,2,5,10-11H2,1,3-4H3,(H,18,20);6-9,13,15,18H,2,5,10-11H2,1,3-4H3;5-9,12,14,17H,2,4,10-11H2,1,3H3;5-9,12H,2,4,10-11H2,1,3H3;4-9H,3H2,1-2H3;3H,1,4H2,2H3;12*1H4. The second-order valence-electron chi connectivity index (χ2n) is 28.2. The van der Waals surface area contributed by atoms with E-state index >= 15 is 0 Å². The van der Waals surface area contributed by atoms with Gasteiger partial charge in [0.2, 0.25) is 0 Å². The Morgan fingerprint density at radius 3 is 0.955 bits per heavy atom. The van der Waals surface area contributed by atoms with Crippen LogP contribution in [0.4, 0.5) is 4.79 Å². The van der Waals surface area contributed by atoms with Crippen LogP contribution in [0.15, 0.2) is 245 Å². The van der Waals surface area contributed by atoms with Crippen LogP contribution >= 0.6 is 0 Å². The van der Waals surface area contributed by atoms with Crippen molar-refractivity contribution in [2.24, 2.45) is 0 Å². The summed E-state index contributed by atoms with van der Waals surface area (Å²) in [5.41, 5.74) is 10.3. The third-order valence-electron chi connectivity index (χ3n) is 18.7. The van der Waals surface area contributed by atoms with E-state index in [4.69, 9.17) is 42.6 Å². The van der Waals surface area contributed by atoms with E-state index in [0.29, 0.717) is 87.4 Å². The third-order valence-corrected chi connectivity index (χ3v) is 18.7. The zero-order valence-electron chi connectivity index (χ0n) is 73.8. The lowest BCUT2D eigenvalue weighted by atomic mass is 9.98. The molecule has 1 amide bonds. The highest BCUT2D eigenvalue weighted by molar-refractivity contribution is 5.91. The van der Waals surface area contributed by atoms with Crippen LogP contribution in [-0.2, 0) is 52.4 Å². The minimum atomic E-state index is -0.859. The summed E-state index contributed by atoms with van der Waals surface area (Å²) in [7, 11) is 0. The van der Waals surface area contributed by atoms with E-state index < -0.39 is 48.1 Å². The van der Waals surface area contributed by atoms with Crippen molar-refractivity contribution < 1.29 is 95.9 Å². The molecule has 21 nitrogen and oxygen atoms in total. The molecular formula is C112H179NO20. The van der Waals surface area contributed by atoms with E-state index in [1.807, 2.05) is 109 Å². The topological polar surface area (TPSA) is 281 Å². The van der Waals surface area contributed by atoms with Crippen molar-refractivity contribution in [2.45, 2.75) is 279 Å². The fraction of sp³-hybridized carbons (Fsp3) is 0.446. The van der Waals surface area contributed by atoms with Crippen molar-refractivity contribution in [1.82, 2.24) is 5.32 Å². The summed E-state index contributed by atoms with van der Waals surface area (Å²) in [6, 6.07) is 55.9. The molecule has 0 saturated heterocycles. The number of aliphatic hydroxyl groups is 2. The summed E-state index contributed by atoms with van der Waals surface area (Å²) in [5.74, 6) is 2.44. The normalized spacial score (nSPS) is 11.0. The predicted molar refractivity (Wildman–Crippen MR) is 561 cm³/mol. The Bertz CT molecular complexity index is 4200. The number of ether oxygens (including phenoxy) is 10. The van der Waals surface area contributed by atoms with E-state index in [-0.39, 0.29) is 154 Å². The summed E-state index contributed by atoms with van der Waals surface area (Å²) in [6.45, 7) is 51.9. The van der Waals surface area contributed by atoms with Crippen LogP contribution in [0.3, 0.4) is 0 Å². The fourth-order valence-corrected chi connectivity index (χ4v) is 9.78. The second-order valence-corrected chi connectivity index (χ2v) is 28.2. The number of hydrogen-bond donors (Lipinski definition) is 3. The molecule has 7 aromatic carbocycles. The first kappa shape index (κ1) is 147. The predicted octanol–water partition coefficient (Wildman–Crippen LogP) is 28.9. The van der Waals surface area contributed by atoms with Crippen molar-refractivity contribution in [2.75, 3.05) is 59.4 Å². The molecule has 0 fully saturated rings. The minimum Gasteiger partial charge on any atom is -0.491 e. The molecule has 752 valence electrons. The average molecular weight is 1860 g/mol. The Kier molecular flexibility index (Phi) is 95.7. The van der Waals surface area contributed by atoms with Gasteiger partial charge in [0.05, 0.1) is 24.3 Å². The van der Waals surface area contributed by atoms with Crippen LogP contribution in [-0.4, -0.2) is 130 Å². The molecular weight excluding hydrogens is 1680 g/mol. The highest BCUT2D eigenvalue weighted by atomic mass is 16.6. The van der Waals surface area contributed by atoms with Gasteiger partial charge >= 0.3 is 47.9 Å². The first-order chi connectivity index (χ1) is 57.8. The molecule has 0 saturated carbocycles. The lowest BCUT2D eigenvalue weighted by Gasteiger charge is -2.14. The summed E-state index contributed by atoms with van der Waals surface area (Å²) >= 11 is 0. The fourth-order valence-electron chi connectivity index (χ4n) is 9.78. The van der Waals surface area contributed by atoms with Crippen LogP contribution in [0.5, 0.6) is 23.0 Å². The highest BCUT2D eigenvalue weighted by Crippen LogP contribution is 2.27. The maximum atomic E-state index is 12.0. The van der Waals surface area contributed by atoms with Gasteiger partial charge in [-0.3, -0.25) is 0 Å². The first-order valence-corrected chi connectivity index (χ1v) is 41.1. The highest BCUT2D eigenvalue weighted by Gasteiger charge is 2.16. The Balaban J connectivity index is -0.000000129. The molecule has 7 rings (SSSR count). The van der Waals surface area contributed by atoms with Gasteiger partial charge in [0.25, 0.3) is 0 Å². The Hall–Kier alpha value is -11.9. The summed E-state index contributed by atoms with van der Waals surface area (Å²) in [6.07, 6.45) is 9.32. The molecule has 21 heteroatoms. The Morgan fingerprint density at radius 2 is 0.624 bits per heavy atom. The maximum Gasteiger partial charge on any atom is 0.412 e. The smallest absolute Gasteiger partial charge is 0.412 e. The number of carbonyl (C=O) groups excluding carboxylic acids is 8. The third kappa shape index (κ3) is 64.5. The zero-order chi connectivity index (χ0) is 90.6. The molecule has 133 heavy (non-hydrogen) atoms. The Labute approximate surface area is 807 Å². The number of nitrogens with one attached hydrogen (secondary N) is 1. The maximum absolute atomic E-state index is 12.0. The van der Waals surface area contributed by atoms with Crippen molar-refractivity contribution in [1.29, 1.82) is 0 Å². The molecule has 3 N–H and O–H groups in total. The van der Waals surface area contributed by atoms with Crippen LogP contribution in [0, 0.1) is 0 Å². The monoisotopic (exact) mass is 1860 g/mol. The number of carbonyl (C=O) groups is 8. The van der Waals surface area contributed by atoms with Crippen LogP contribution in [0.25, 0.3) is 6.08 Å². The minimum absolute atomic E-state index is 0. The molecule has 0 aliphatic rings. The van der Waals surface area contributed by atoms with Gasteiger partial charge in [-0.25, -0.2) is 38.4 Å². The zero-order valence-corrected chi connectivity index (χ0v) is 73.8. The van der Waals surface area contributed by atoms with E-state index in [2.05, 4.69) is 163 Å². The van der Waals surface area contributed by atoms with E-state index in [1.165, 1.54) is 39.8 Å². The van der Waals surface area contributed by atoms with Gasteiger partial charge in [0, 0.05) is 29.4 Å². The molecule has 0 aliphatic heterocycles. The molecule has 0 aliphatic carbocycles. The van der Waals surface area contributed by atoms with Crippen molar-refractivity contribution >= 4 is 54.0 Å². The number of rotatable bonds is 39. The molecule has 0 spiro atoms. The van der Waals surface area contributed by atoms with Gasteiger partial charge in [0.1, 0.15) is 81.5 Å². The largest absolute Gasteiger partial charge is 0.491 e. The molecule has 8 atom stereocenters. The first-order valence-electron chi connectivity index (χ1n) is 41.1. The van der Waals surface area contributed by atoms with E-state index in [1.54, 1.807) is 63.2 Å². The van der Waals surface area contributed by atoms with E-state index in [9.17, 15) is 48.6 Å². The van der Waals surface area contributed by atoms with Crippen LogP contribution < -0.4 is 24.3 Å². The number of amides is 1. The molecule has 0 radical (unpaired) electrons. The lowest BCUT2D eigenvalue weighted by molar-refractivity contribution is -0.142. The number of esters is 7. The van der Waals surface area contributed by atoms with E-state index in [0.717, 1.165) is 55.9 Å². The van der Waals surface area contributed by atoms with Crippen molar-refractivity contribution in [3.05, 3.63) is 295 Å². The van der Waals surface area contributed by atoms with Crippen molar-refractivity contribution in [3.8, 4) is 23.0 Å². The quantitative estimate of drug-likeness (QED) is 0.0106. The Morgan fingerprint density at radius 1 is 0.331 bits per heavy atom. The van der Waals surface area contributed by atoms with Crippen LogP contribution in [0.1, 0.15) is 327 Å². The second kappa shape index (κ2) is 86.8. The van der Waals surface area contributed by atoms with Gasteiger partial charge in [0.15, 0.2) is 0 Å². The molecule has 0 aromatic heterocycles. The van der Waals surface area contributed by atoms with Gasteiger partial charge in [-0.2, -0.15) is 0 Å². The summed E-state index contributed by atoms with van der Waals surface area (Å²) in [4.78, 5) is 89.3. The average Bonchev–Trinajstić information content (AvgIpc) is 0.876. The van der Waals surface area contributed by atoms with Crippen LogP contribution in [0.2, 0.25) is 0 Å². The summed E-state index contributed by atoms with van der Waals surface area (Å²) < 4.78 is 50.0. The van der Waals surface area contributed by atoms with Gasteiger partial charge in [-0.15, -0.1) is 0 Å². The molecule has 7 aromatic rings. The molecule has 0 heterocycles. The SMILES string of the molecule is C.C.C.C.C.C.C.C.C.C.C.C.C=C(C)C(=O)OCC(O)COc1ccc(C(C)CC)cc1.C=C(C)C(=O)OCCNC(=O)Oc1ccc(C(C)CC)cc1.C=CC(=O)OCC.C=CC(=O)OCC(O)COc1ccc(C(C)CC)cc1.C=CC(=O)OCCOC(=O)c1ccc(C(C)CC)cc1.C=Cc1ccc(C(=O)Oc2ccc(C(C)CC)cc2)cc1.CCC(C)c1ccccc1. The molecule has 8 unspecified atom stereocenters. The number of benzene rings is 7. The number of hydrogen-bond acceptors (Lipinski definition) is 20. The van der Waals surface area contributed by atoms with Gasteiger partial charge in [-0.1, -0.05) is 321 Å².